The minimum Gasteiger partial charge on any atom is -0.310 e. The van der Waals surface area contributed by atoms with E-state index in [1.54, 1.807) is 0 Å². The molecule has 4 heteroatoms. The predicted octanol–water partition coefficient (Wildman–Crippen LogP) is 16.5. The Kier molecular flexibility index (Phi) is 9.95. The molecule has 11 aromatic rings. The number of hydrogen-bond acceptors (Lipinski definition) is 2. The number of hydrogen-bond donors (Lipinski definition) is 0. The summed E-state index contributed by atoms with van der Waals surface area (Å²) in [7, 11) is 0. The highest BCUT2D eigenvalue weighted by molar-refractivity contribution is 6.02. The lowest BCUT2D eigenvalue weighted by Crippen LogP contribution is -2.10. The van der Waals surface area contributed by atoms with Crippen LogP contribution in [0.5, 0.6) is 0 Å². The van der Waals surface area contributed by atoms with Gasteiger partial charge < -0.3 is 18.9 Å². The highest BCUT2D eigenvalue weighted by atomic mass is 15.1. The van der Waals surface area contributed by atoms with Crippen LogP contribution in [0.25, 0.3) is 55.7 Å². The number of aryl methyl sites for hydroxylation is 2. The Balaban J connectivity index is 1.06. The molecule has 11 rings (SSSR count). The van der Waals surface area contributed by atoms with Gasteiger partial charge in [-0.05, 0) is 157 Å². The Labute approximate surface area is 374 Å². The summed E-state index contributed by atoms with van der Waals surface area (Å²) in [6.07, 6.45) is 0. The van der Waals surface area contributed by atoms with Gasteiger partial charge in [-0.15, -0.1) is 0 Å². The first-order chi connectivity index (χ1) is 31.6. The highest BCUT2D eigenvalue weighted by Gasteiger charge is 2.20. The summed E-state index contributed by atoms with van der Waals surface area (Å²) in [6.45, 7) is 4.30. The molecule has 0 saturated carbocycles. The van der Waals surface area contributed by atoms with E-state index in [1.165, 1.54) is 21.9 Å². The fraction of sp³-hybridized carbons (Fsp3) is 0.0333. The topological polar surface area (TPSA) is 16.3 Å². The van der Waals surface area contributed by atoms with Crippen LogP contribution in [0, 0.1) is 13.8 Å². The largest absolute Gasteiger partial charge is 0.310 e. The molecule has 0 spiro atoms. The van der Waals surface area contributed by atoms with Crippen LogP contribution < -0.4 is 9.80 Å². The van der Waals surface area contributed by atoms with Crippen molar-refractivity contribution in [1.29, 1.82) is 0 Å². The van der Waals surface area contributed by atoms with Crippen molar-refractivity contribution >= 4 is 55.9 Å². The van der Waals surface area contributed by atoms with Crippen molar-refractivity contribution < 1.29 is 0 Å². The summed E-state index contributed by atoms with van der Waals surface area (Å²) in [4.78, 5) is 4.66. The summed E-state index contributed by atoms with van der Waals surface area (Å²) in [5, 5.41) is 2.35. The molecule has 0 amide bonds. The second kappa shape index (κ2) is 16.5. The monoisotopic (exact) mass is 822 g/mol. The lowest BCUT2D eigenvalue weighted by atomic mass is 10.1. The van der Waals surface area contributed by atoms with Gasteiger partial charge in [0.05, 0.1) is 22.4 Å². The smallest absolute Gasteiger partial charge is 0.0542 e. The Hall–Kier alpha value is -8.34. The standard InChI is InChI=1S/C60H46N4/c1-43-17-15-27-55(37-43)61(49-23-11-5-12-24-49)51-29-33-53(34-30-51)63-57(45-19-7-3-8-20-45)39-47-42-60-48(41-59(47)63)40-58(46-21-9-4-10-22-46)64(60)54-35-31-52(32-36-54)62(50-25-13-6-14-26-50)56-28-16-18-44(2)38-56/h3-42H,1-2H3. The Morgan fingerprint density at radius 3 is 0.969 bits per heavy atom. The third-order valence-corrected chi connectivity index (χ3v) is 12.1. The van der Waals surface area contributed by atoms with E-state index in [1.807, 2.05) is 0 Å². The Morgan fingerprint density at radius 1 is 0.281 bits per heavy atom. The van der Waals surface area contributed by atoms with Crippen molar-refractivity contribution in [2.24, 2.45) is 0 Å². The van der Waals surface area contributed by atoms with Crippen molar-refractivity contribution in [1.82, 2.24) is 9.13 Å². The van der Waals surface area contributed by atoms with Gasteiger partial charge in [-0.3, -0.25) is 0 Å². The third kappa shape index (κ3) is 7.21. The second-order valence-corrected chi connectivity index (χ2v) is 16.5. The molecule has 0 saturated heterocycles. The maximum absolute atomic E-state index is 2.42. The molecular formula is C60H46N4. The molecule has 9 aromatic carbocycles. The lowest BCUT2D eigenvalue weighted by molar-refractivity contribution is 1.13. The molecule has 64 heavy (non-hydrogen) atoms. The van der Waals surface area contributed by atoms with Gasteiger partial charge in [0, 0.05) is 56.3 Å². The fourth-order valence-corrected chi connectivity index (χ4v) is 9.19. The van der Waals surface area contributed by atoms with Gasteiger partial charge in [-0.1, -0.05) is 121 Å². The molecule has 0 aliphatic carbocycles. The number of fused-ring (bicyclic) bond motifs is 2. The zero-order valence-corrected chi connectivity index (χ0v) is 35.9. The summed E-state index contributed by atoms with van der Waals surface area (Å²) in [5.41, 5.74) is 18.3. The van der Waals surface area contributed by atoms with E-state index >= 15 is 0 Å². The molecule has 2 heterocycles. The maximum Gasteiger partial charge on any atom is 0.0542 e. The summed E-state index contributed by atoms with van der Waals surface area (Å²) in [5.74, 6) is 0. The molecule has 0 fully saturated rings. The van der Waals surface area contributed by atoms with Crippen LogP contribution >= 0.6 is 0 Å². The number of aromatic nitrogens is 2. The number of benzene rings is 9. The van der Waals surface area contributed by atoms with Crippen LogP contribution in [0.1, 0.15) is 11.1 Å². The van der Waals surface area contributed by atoms with E-state index < -0.39 is 0 Å². The van der Waals surface area contributed by atoms with Crippen molar-refractivity contribution in [2.75, 3.05) is 9.80 Å². The molecule has 0 bridgehead atoms. The van der Waals surface area contributed by atoms with E-state index in [9.17, 15) is 0 Å². The van der Waals surface area contributed by atoms with Crippen LogP contribution in [0.15, 0.2) is 243 Å². The van der Waals surface area contributed by atoms with E-state index in [0.29, 0.717) is 0 Å². The van der Waals surface area contributed by atoms with Crippen LogP contribution in [0.3, 0.4) is 0 Å². The summed E-state index contributed by atoms with van der Waals surface area (Å²) < 4.78 is 4.84. The molecule has 0 aliphatic heterocycles. The number of nitrogens with zero attached hydrogens (tertiary/aromatic N) is 4. The van der Waals surface area contributed by atoms with Gasteiger partial charge in [-0.2, -0.15) is 0 Å². The Bertz CT molecular complexity index is 3140. The summed E-state index contributed by atoms with van der Waals surface area (Å²) >= 11 is 0. The summed E-state index contributed by atoms with van der Waals surface area (Å²) in [6, 6.07) is 87.6. The van der Waals surface area contributed by atoms with Gasteiger partial charge in [0.15, 0.2) is 0 Å². The maximum atomic E-state index is 2.42. The van der Waals surface area contributed by atoms with Gasteiger partial charge >= 0.3 is 0 Å². The molecule has 0 radical (unpaired) electrons. The van der Waals surface area contributed by atoms with Crippen LogP contribution in [-0.2, 0) is 0 Å². The molecule has 4 nitrogen and oxygen atoms in total. The van der Waals surface area contributed by atoms with E-state index in [4.69, 9.17) is 0 Å². The van der Waals surface area contributed by atoms with Crippen LogP contribution in [0.2, 0.25) is 0 Å². The zero-order chi connectivity index (χ0) is 43.0. The van der Waals surface area contributed by atoms with Gasteiger partial charge in [-0.25, -0.2) is 0 Å². The minimum absolute atomic E-state index is 1.10. The average Bonchev–Trinajstić information content (AvgIpc) is 3.91. The van der Waals surface area contributed by atoms with Crippen LogP contribution in [0.4, 0.5) is 34.1 Å². The normalized spacial score (nSPS) is 11.3. The first kappa shape index (κ1) is 38.6. The van der Waals surface area contributed by atoms with Crippen molar-refractivity contribution in [3.63, 3.8) is 0 Å². The van der Waals surface area contributed by atoms with Crippen molar-refractivity contribution in [2.45, 2.75) is 13.8 Å². The van der Waals surface area contributed by atoms with Crippen LogP contribution in [-0.4, -0.2) is 9.13 Å². The van der Waals surface area contributed by atoms with Gasteiger partial charge in [0.25, 0.3) is 0 Å². The van der Waals surface area contributed by atoms with Crippen molar-refractivity contribution in [3.8, 4) is 33.9 Å². The lowest BCUT2D eigenvalue weighted by Gasteiger charge is -2.26. The first-order valence-electron chi connectivity index (χ1n) is 21.9. The first-order valence-corrected chi connectivity index (χ1v) is 21.9. The van der Waals surface area contributed by atoms with E-state index in [-0.39, 0.29) is 0 Å². The quantitative estimate of drug-likeness (QED) is 0.137. The molecule has 0 unspecified atom stereocenters. The molecule has 306 valence electrons. The SMILES string of the molecule is Cc1cccc(N(c2ccccc2)c2ccc(-n3c(-c4ccccc4)cc4cc5c(cc(-c6ccccc6)n5-c5ccc(N(c6ccccc6)c6cccc(C)c6)cc5)cc43)cc2)c1. The minimum atomic E-state index is 1.10. The predicted molar refractivity (Wildman–Crippen MR) is 270 cm³/mol. The molecule has 0 atom stereocenters. The van der Waals surface area contributed by atoms with Gasteiger partial charge in [0.1, 0.15) is 0 Å². The fourth-order valence-electron chi connectivity index (χ4n) is 9.19. The zero-order valence-electron chi connectivity index (χ0n) is 35.9. The molecule has 0 aliphatic rings. The van der Waals surface area contributed by atoms with Gasteiger partial charge in [0.2, 0.25) is 0 Å². The molecule has 2 aromatic heterocycles. The Morgan fingerprint density at radius 2 is 0.609 bits per heavy atom. The van der Waals surface area contributed by atoms with E-state index in [0.717, 1.165) is 79.0 Å². The average molecular weight is 823 g/mol. The molecule has 0 N–H and O–H groups in total. The number of para-hydroxylation sites is 2. The number of anilines is 6. The van der Waals surface area contributed by atoms with Crippen molar-refractivity contribution in [3.05, 3.63) is 254 Å². The second-order valence-electron chi connectivity index (χ2n) is 16.5. The molecular weight excluding hydrogens is 777 g/mol. The third-order valence-electron chi connectivity index (χ3n) is 12.1. The number of rotatable bonds is 10. The van der Waals surface area contributed by atoms with E-state index in [2.05, 4.69) is 275 Å². The highest BCUT2D eigenvalue weighted by Crippen LogP contribution is 2.41.